The van der Waals surface area contributed by atoms with Gasteiger partial charge < -0.3 is 15.5 Å². The number of hydrogen-bond acceptors (Lipinski definition) is 3. The fourth-order valence-electron chi connectivity index (χ4n) is 4.93. The van der Waals surface area contributed by atoms with Crippen molar-refractivity contribution >= 4 is 0 Å². The number of rotatable bonds is 6. The quantitative estimate of drug-likeness (QED) is 0.788. The first-order valence-electron chi connectivity index (χ1n) is 9.51. The third-order valence-electron chi connectivity index (χ3n) is 6.25. The van der Waals surface area contributed by atoms with Gasteiger partial charge in [-0.05, 0) is 58.0 Å². The second-order valence-electron chi connectivity index (χ2n) is 7.63. The number of nitrogens with one attached hydrogen (secondary N) is 2. The van der Waals surface area contributed by atoms with Crippen molar-refractivity contribution in [2.24, 2.45) is 5.92 Å². The molecular formula is C18H35N3. The van der Waals surface area contributed by atoms with Gasteiger partial charge in [0.2, 0.25) is 0 Å². The van der Waals surface area contributed by atoms with Gasteiger partial charge in [-0.1, -0.05) is 25.7 Å². The van der Waals surface area contributed by atoms with Crippen LogP contribution in [0.25, 0.3) is 0 Å². The van der Waals surface area contributed by atoms with Crippen LogP contribution in [-0.2, 0) is 0 Å². The zero-order chi connectivity index (χ0) is 14.5. The molecule has 3 unspecified atom stereocenters. The van der Waals surface area contributed by atoms with E-state index in [0.29, 0.717) is 0 Å². The maximum Gasteiger partial charge on any atom is 0.0111 e. The van der Waals surface area contributed by atoms with Gasteiger partial charge in [0.05, 0.1) is 0 Å². The molecule has 2 N–H and O–H groups in total. The standard InChI is InChI=1S/C18H35N3/c1-21(15-7-2-3-8-15)14-13-20-17-10-5-4-9-16(17)18-11-6-12-19-18/h15-20H,2-14H2,1H3. The molecule has 3 rings (SSSR count). The van der Waals surface area contributed by atoms with E-state index in [9.17, 15) is 0 Å². The summed E-state index contributed by atoms with van der Waals surface area (Å²) in [6.07, 6.45) is 14.2. The molecule has 21 heavy (non-hydrogen) atoms. The van der Waals surface area contributed by atoms with Gasteiger partial charge in [-0.3, -0.25) is 0 Å². The monoisotopic (exact) mass is 293 g/mol. The number of nitrogens with zero attached hydrogens (tertiary/aromatic N) is 1. The number of hydrogen-bond donors (Lipinski definition) is 2. The fourth-order valence-corrected chi connectivity index (χ4v) is 4.93. The van der Waals surface area contributed by atoms with Gasteiger partial charge in [0.1, 0.15) is 0 Å². The summed E-state index contributed by atoms with van der Waals surface area (Å²) in [5, 5.41) is 7.67. The van der Waals surface area contributed by atoms with Gasteiger partial charge in [0.15, 0.2) is 0 Å². The lowest BCUT2D eigenvalue weighted by Gasteiger charge is -2.37. The summed E-state index contributed by atoms with van der Waals surface area (Å²) in [6, 6.07) is 2.44. The Labute approximate surface area is 131 Å². The molecule has 3 atom stereocenters. The fraction of sp³-hybridized carbons (Fsp3) is 1.00. The van der Waals surface area contributed by atoms with Crippen molar-refractivity contribution in [3.8, 4) is 0 Å². The van der Waals surface area contributed by atoms with Gasteiger partial charge in [0.25, 0.3) is 0 Å². The predicted molar refractivity (Wildman–Crippen MR) is 89.7 cm³/mol. The first-order chi connectivity index (χ1) is 10.3. The molecule has 122 valence electrons. The lowest BCUT2D eigenvalue weighted by atomic mass is 9.79. The Hall–Kier alpha value is -0.120. The van der Waals surface area contributed by atoms with Crippen LogP contribution < -0.4 is 10.6 Å². The Morgan fingerprint density at radius 1 is 0.952 bits per heavy atom. The molecule has 2 aliphatic carbocycles. The Balaban J connectivity index is 1.41. The van der Waals surface area contributed by atoms with Crippen molar-refractivity contribution in [3.63, 3.8) is 0 Å². The average molecular weight is 293 g/mol. The summed E-state index contributed by atoms with van der Waals surface area (Å²) in [6.45, 7) is 3.66. The molecule has 0 spiro atoms. The highest BCUT2D eigenvalue weighted by Crippen LogP contribution is 2.30. The van der Waals surface area contributed by atoms with Crippen LogP contribution in [0.15, 0.2) is 0 Å². The second kappa shape index (κ2) is 7.94. The van der Waals surface area contributed by atoms with Gasteiger partial charge in [0, 0.05) is 31.2 Å². The van der Waals surface area contributed by atoms with Gasteiger partial charge in [-0.25, -0.2) is 0 Å². The second-order valence-corrected chi connectivity index (χ2v) is 7.63. The molecule has 0 aromatic rings. The van der Waals surface area contributed by atoms with E-state index < -0.39 is 0 Å². The molecule has 3 fully saturated rings. The normalized spacial score (nSPS) is 34.9. The molecule has 0 aromatic heterocycles. The minimum atomic E-state index is 0.770. The molecule has 2 saturated carbocycles. The molecule has 3 heteroatoms. The smallest absolute Gasteiger partial charge is 0.0111 e. The highest BCUT2D eigenvalue weighted by molar-refractivity contribution is 4.91. The molecule has 0 radical (unpaired) electrons. The first-order valence-corrected chi connectivity index (χ1v) is 9.51. The molecule has 1 aliphatic heterocycles. The minimum absolute atomic E-state index is 0.770. The van der Waals surface area contributed by atoms with Crippen LogP contribution in [0.2, 0.25) is 0 Å². The van der Waals surface area contributed by atoms with Crippen molar-refractivity contribution < 1.29 is 0 Å². The van der Waals surface area contributed by atoms with E-state index in [0.717, 1.165) is 24.0 Å². The SMILES string of the molecule is CN(CCNC1CCCCC1C1CCCN1)C1CCCC1. The van der Waals surface area contributed by atoms with E-state index in [1.807, 2.05) is 0 Å². The van der Waals surface area contributed by atoms with Crippen molar-refractivity contribution in [1.29, 1.82) is 0 Å². The lowest BCUT2D eigenvalue weighted by molar-refractivity contribution is 0.196. The van der Waals surface area contributed by atoms with E-state index in [4.69, 9.17) is 0 Å². The van der Waals surface area contributed by atoms with E-state index in [-0.39, 0.29) is 0 Å². The predicted octanol–water partition coefficient (Wildman–Crippen LogP) is 2.76. The van der Waals surface area contributed by atoms with Crippen LogP contribution in [0.3, 0.4) is 0 Å². The zero-order valence-corrected chi connectivity index (χ0v) is 13.9. The van der Waals surface area contributed by atoms with E-state index >= 15 is 0 Å². The lowest BCUT2D eigenvalue weighted by Crippen LogP contribution is -2.48. The van der Waals surface area contributed by atoms with E-state index in [2.05, 4.69) is 22.6 Å². The van der Waals surface area contributed by atoms with Crippen LogP contribution in [0.1, 0.15) is 64.2 Å². The van der Waals surface area contributed by atoms with E-state index in [1.165, 1.54) is 83.8 Å². The largest absolute Gasteiger partial charge is 0.314 e. The molecule has 1 saturated heterocycles. The molecule has 3 aliphatic rings. The maximum absolute atomic E-state index is 3.92. The maximum atomic E-state index is 3.92. The summed E-state index contributed by atoms with van der Waals surface area (Å²) in [4.78, 5) is 2.60. The highest BCUT2D eigenvalue weighted by Gasteiger charge is 2.32. The third-order valence-corrected chi connectivity index (χ3v) is 6.25. The third kappa shape index (κ3) is 4.20. The van der Waals surface area contributed by atoms with Crippen LogP contribution in [0, 0.1) is 5.92 Å². The first kappa shape index (κ1) is 15.8. The summed E-state index contributed by atoms with van der Waals surface area (Å²) in [7, 11) is 2.33. The van der Waals surface area contributed by atoms with Crippen LogP contribution in [-0.4, -0.2) is 49.7 Å². The molecule has 0 bridgehead atoms. The molecule has 1 heterocycles. The minimum Gasteiger partial charge on any atom is -0.314 e. The topological polar surface area (TPSA) is 27.3 Å². The van der Waals surface area contributed by atoms with Crippen molar-refractivity contribution in [2.45, 2.75) is 82.3 Å². The molecule has 0 amide bonds. The summed E-state index contributed by atoms with van der Waals surface area (Å²) in [5.41, 5.74) is 0. The zero-order valence-electron chi connectivity index (χ0n) is 13.9. The van der Waals surface area contributed by atoms with Crippen LogP contribution in [0.4, 0.5) is 0 Å². The highest BCUT2D eigenvalue weighted by atomic mass is 15.1. The number of likely N-dealkylation sites (N-methyl/N-ethyl adjacent to an activating group) is 1. The van der Waals surface area contributed by atoms with Gasteiger partial charge in [-0.15, -0.1) is 0 Å². The summed E-state index contributed by atoms with van der Waals surface area (Å²) >= 11 is 0. The average Bonchev–Trinajstić information content (AvgIpc) is 3.21. The molecular weight excluding hydrogens is 258 g/mol. The Morgan fingerprint density at radius 2 is 1.71 bits per heavy atom. The van der Waals surface area contributed by atoms with Gasteiger partial charge >= 0.3 is 0 Å². The van der Waals surface area contributed by atoms with Crippen molar-refractivity contribution in [1.82, 2.24) is 15.5 Å². The summed E-state index contributed by atoms with van der Waals surface area (Å²) < 4.78 is 0. The Morgan fingerprint density at radius 3 is 2.48 bits per heavy atom. The van der Waals surface area contributed by atoms with Crippen LogP contribution in [0.5, 0.6) is 0 Å². The summed E-state index contributed by atoms with van der Waals surface area (Å²) in [5.74, 6) is 0.887. The van der Waals surface area contributed by atoms with Crippen molar-refractivity contribution in [2.75, 3.05) is 26.7 Å². The van der Waals surface area contributed by atoms with Gasteiger partial charge in [-0.2, -0.15) is 0 Å². The molecule has 3 nitrogen and oxygen atoms in total. The van der Waals surface area contributed by atoms with Crippen LogP contribution >= 0.6 is 0 Å². The van der Waals surface area contributed by atoms with Crippen molar-refractivity contribution in [3.05, 3.63) is 0 Å². The van der Waals surface area contributed by atoms with E-state index in [1.54, 1.807) is 0 Å². The molecule has 0 aromatic carbocycles. The Bertz CT molecular complexity index is 295. The Kier molecular flexibility index (Phi) is 5.96.